The molecule has 236 valence electrons. The largest absolute Gasteiger partial charge is 0.625 e. The van der Waals surface area contributed by atoms with Crippen molar-refractivity contribution >= 4 is 46.0 Å². The monoisotopic (exact) mass is 659 g/mol. The van der Waals surface area contributed by atoms with E-state index < -0.39 is 82.0 Å². The summed E-state index contributed by atoms with van der Waals surface area (Å²) >= 11 is 6.36. The van der Waals surface area contributed by atoms with Crippen LogP contribution in [-0.2, 0) is 27.6 Å². The molecule has 43 heavy (non-hydrogen) atoms. The molecule has 19 heteroatoms. The number of hydroxylamine groups is 3. The van der Waals surface area contributed by atoms with Gasteiger partial charge in [0.2, 0.25) is 0 Å². The van der Waals surface area contributed by atoms with Crippen LogP contribution in [0.15, 0.2) is 23.1 Å². The van der Waals surface area contributed by atoms with Crippen LogP contribution in [0.2, 0.25) is 5.15 Å². The van der Waals surface area contributed by atoms with Gasteiger partial charge >= 0.3 is 18.0 Å². The Balaban J connectivity index is 1.52. The Kier molecular flexibility index (Phi) is 8.92. The third-order valence-electron chi connectivity index (χ3n) is 7.24. The van der Waals surface area contributed by atoms with Crippen LogP contribution >= 0.6 is 11.6 Å². The quantitative estimate of drug-likeness (QED) is 0.199. The highest BCUT2D eigenvalue weighted by molar-refractivity contribution is 7.83. The highest BCUT2D eigenvalue weighted by Gasteiger charge is 2.49. The van der Waals surface area contributed by atoms with Crippen molar-refractivity contribution in [2.45, 2.75) is 48.8 Å². The number of quaternary nitrogens is 1. The van der Waals surface area contributed by atoms with Crippen molar-refractivity contribution in [3.63, 3.8) is 0 Å². The van der Waals surface area contributed by atoms with Gasteiger partial charge in [0.1, 0.15) is 39.5 Å². The van der Waals surface area contributed by atoms with E-state index in [0.29, 0.717) is 6.92 Å². The summed E-state index contributed by atoms with van der Waals surface area (Å²) in [4.78, 5) is 37.6. The number of hydrogen-bond donors (Lipinski definition) is 3. The molecule has 2 atom stereocenters. The van der Waals surface area contributed by atoms with E-state index in [1.165, 1.54) is 12.4 Å². The predicted molar refractivity (Wildman–Crippen MR) is 139 cm³/mol. The van der Waals surface area contributed by atoms with Crippen molar-refractivity contribution in [3.05, 3.63) is 45.6 Å². The van der Waals surface area contributed by atoms with Crippen LogP contribution in [0.5, 0.6) is 5.75 Å². The number of carbonyl (C=O) groups is 3. The smallest absolute Gasteiger partial charge is 0.408 e. The number of carbonyl (C=O) groups excluding carboxylic acids is 3. The Hall–Kier alpha value is -3.19. The normalized spacial score (nSPS) is 24.6. The summed E-state index contributed by atoms with van der Waals surface area (Å²) in [6, 6.07) is 0.184. The molecular formula is C24H24ClF6N5O6S. The first-order chi connectivity index (χ1) is 19.9. The predicted octanol–water partition coefficient (Wildman–Crippen LogP) is 3.45. The molecule has 1 aromatic carbocycles. The number of piperidine rings is 1. The maximum absolute atomic E-state index is 13.7. The number of alkyl halides is 5. The van der Waals surface area contributed by atoms with Gasteiger partial charge in [-0.1, -0.05) is 11.6 Å². The van der Waals surface area contributed by atoms with Gasteiger partial charge in [0.05, 0.1) is 24.2 Å². The van der Waals surface area contributed by atoms with Gasteiger partial charge < -0.3 is 25.1 Å². The minimum atomic E-state index is -4.83. The number of ether oxygens (including phenoxy) is 1. The molecule has 2 aliphatic heterocycles. The number of hydrogen-bond acceptors (Lipinski definition) is 6. The summed E-state index contributed by atoms with van der Waals surface area (Å²) in [5.41, 5.74) is -2.61. The van der Waals surface area contributed by atoms with Gasteiger partial charge in [-0.15, -0.1) is 0 Å². The number of benzene rings is 1. The number of halogens is 7. The first-order valence-electron chi connectivity index (χ1n) is 12.5. The summed E-state index contributed by atoms with van der Waals surface area (Å²) in [5.74, 6) is -5.64. The van der Waals surface area contributed by atoms with E-state index in [1.54, 1.807) is 0 Å². The van der Waals surface area contributed by atoms with E-state index in [2.05, 4.69) is 10.0 Å². The highest BCUT2D eigenvalue weighted by Crippen LogP contribution is 2.41. The number of fused-ring (bicyclic) bond motifs is 1. The summed E-state index contributed by atoms with van der Waals surface area (Å²) < 4.78 is 99.6. The second-order valence-electron chi connectivity index (χ2n) is 10.2. The lowest BCUT2D eigenvalue weighted by Gasteiger charge is -2.48. The summed E-state index contributed by atoms with van der Waals surface area (Å²) in [6.07, 6.45) is -8.41. The number of rotatable bonds is 4. The van der Waals surface area contributed by atoms with E-state index in [0.717, 1.165) is 22.8 Å². The number of likely N-dealkylation sites (tertiary alicyclic amines) is 1. The summed E-state index contributed by atoms with van der Waals surface area (Å²) in [7, 11) is -0.818. The fourth-order valence-corrected chi connectivity index (χ4v) is 6.37. The maximum atomic E-state index is 13.7. The van der Waals surface area contributed by atoms with Crippen LogP contribution in [0.25, 0.3) is 0 Å². The standard InChI is InChI=1S/C24H24ClF6N5O6S/c1-11(24(29,30)31)32-21(38)22(39)36(40)7-5-23(6-8-36)10-42-16-15(35(2)18(25)17(16)43(41)34-23)20(37)33-12-3-4-14(26)13(9-12)19(27)28/h3-4,9,11,19,34H,5-8,10H2,1-2H3,(H,32,38)(H,33,37)/t11?,23?,36?,43-/m1/s1. The SMILES string of the molecule is CC(NC(=O)C(=O)[N+]1([O-])CCC2(CC1)COc1c(c(Cl)n(C)c1C(=O)Nc1ccc(F)c(C(F)F)c1)[S@@](=O)N2)C(F)(F)F. The topological polar surface area (TPSA) is 142 Å². The van der Waals surface area contributed by atoms with Gasteiger partial charge in [0, 0.05) is 25.6 Å². The first kappa shape index (κ1) is 32.7. The second kappa shape index (κ2) is 11.7. The maximum Gasteiger partial charge on any atom is 0.408 e. The van der Waals surface area contributed by atoms with Gasteiger partial charge in [-0.3, -0.25) is 14.2 Å². The molecule has 0 aliphatic carbocycles. The van der Waals surface area contributed by atoms with Gasteiger partial charge in [-0.25, -0.2) is 26.9 Å². The van der Waals surface area contributed by atoms with Crippen LogP contribution in [0, 0.1) is 11.0 Å². The molecular weight excluding hydrogens is 636 g/mol. The molecule has 1 spiro atoms. The lowest BCUT2D eigenvalue weighted by Crippen LogP contribution is -2.65. The van der Waals surface area contributed by atoms with E-state index in [-0.39, 0.29) is 46.6 Å². The van der Waals surface area contributed by atoms with Gasteiger partial charge in [-0.05, 0) is 25.1 Å². The molecule has 4 rings (SSSR count). The lowest BCUT2D eigenvalue weighted by atomic mass is 9.89. The summed E-state index contributed by atoms with van der Waals surface area (Å²) in [6.45, 7) is -0.845. The summed E-state index contributed by atoms with van der Waals surface area (Å²) in [5, 5.41) is 16.7. The third kappa shape index (κ3) is 6.38. The molecule has 3 heterocycles. The number of anilines is 1. The van der Waals surface area contributed by atoms with Crippen LogP contribution in [0.1, 0.15) is 42.2 Å². The zero-order valence-corrected chi connectivity index (χ0v) is 23.9. The molecule has 2 aliphatic rings. The van der Waals surface area contributed by atoms with Crippen LogP contribution in [0.3, 0.4) is 0 Å². The fraction of sp³-hybridized carbons (Fsp3) is 0.458. The van der Waals surface area contributed by atoms with E-state index in [4.69, 9.17) is 16.3 Å². The minimum Gasteiger partial charge on any atom is -0.625 e. The molecule has 1 aromatic heterocycles. The molecule has 3 amide bonds. The number of nitrogens with one attached hydrogen (secondary N) is 3. The lowest BCUT2D eigenvalue weighted by molar-refractivity contribution is -0.808. The van der Waals surface area contributed by atoms with Gasteiger partial charge in [0.25, 0.3) is 12.3 Å². The fourth-order valence-electron chi connectivity index (χ4n) is 4.62. The Morgan fingerprint density at radius 3 is 2.44 bits per heavy atom. The van der Waals surface area contributed by atoms with Crippen LogP contribution < -0.4 is 20.1 Å². The number of aromatic nitrogens is 1. The Bertz CT molecular complexity index is 1490. The van der Waals surface area contributed by atoms with Crippen LogP contribution in [0.4, 0.5) is 32.0 Å². The Morgan fingerprint density at radius 1 is 1.23 bits per heavy atom. The zero-order chi connectivity index (χ0) is 32.1. The Morgan fingerprint density at radius 2 is 1.86 bits per heavy atom. The van der Waals surface area contributed by atoms with E-state index >= 15 is 0 Å². The average molecular weight is 660 g/mol. The average Bonchev–Trinajstić information content (AvgIpc) is 3.09. The van der Waals surface area contributed by atoms with Crippen molar-refractivity contribution in [1.29, 1.82) is 0 Å². The van der Waals surface area contributed by atoms with Crippen molar-refractivity contribution in [2.75, 3.05) is 25.0 Å². The number of nitrogens with zero attached hydrogens (tertiary/aromatic N) is 2. The molecule has 1 saturated heterocycles. The highest BCUT2D eigenvalue weighted by atomic mass is 35.5. The van der Waals surface area contributed by atoms with Crippen molar-refractivity contribution < 1.29 is 54.3 Å². The van der Waals surface area contributed by atoms with Crippen molar-refractivity contribution in [1.82, 2.24) is 14.6 Å². The Labute approximate surface area is 247 Å². The molecule has 11 nitrogen and oxygen atoms in total. The third-order valence-corrected chi connectivity index (χ3v) is 9.16. The molecule has 1 fully saturated rings. The zero-order valence-electron chi connectivity index (χ0n) is 22.3. The van der Waals surface area contributed by atoms with Crippen LogP contribution in [-0.4, -0.2) is 68.6 Å². The second-order valence-corrected chi connectivity index (χ2v) is 11.7. The molecule has 2 aromatic rings. The minimum absolute atomic E-state index is 0.149. The molecule has 0 radical (unpaired) electrons. The number of amides is 3. The molecule has 1 unspecified atom stereocenters. The molecule has 0 saturated carbocycles. The first-order valence-corrected chi connectivity index (χ1v) is 14.0. The molecule has 0 bridgehead atoms. The van der Waals surface area contributed by atoms with Crippen molar-refractivity contribution in [3.8, 4) is 5.75 Å². The van der Waals surface area contributed by atoms with Gasteiger partial charge in [-0.2, -0.15) is 13.2 Å². The van der Waals surface area contributed by atoms with E-state index in [1.807, 2.05) is 0 Å². The van der Waals surface area contributed by atoms with Crippen molar-refractivity contribution in [2.24, 2.45) is 7.05 Å². The molecule has 3 N–H and O–H groups in total. The van der Waals surface area contributed by atoms with Gasteiger partial charge in [0.15, 0.2) is 11.4 Å². The van der Waals surface area contributed by atoms with E-state index in [9.17, 15) is 50.1 Å².